The number of hydrogen-bond acceptors (Lipinski definition) is 5. The minimum Gasteiger partial charge on any atom is -0.487 e. The van der Waals surface area contributed by atoms with Crippen LogP contribution in [0.5, 0.6) is 5.75 Å². The number of rotatable bonds is 10. The molecule has 1 heterocycles. The van der Waals surface area contributed by atoms with Crippen LogP contribution in [-0.2, 0) is 16.2 Å². The van der Waals surface area contributed by atoms with Crippen LogP contribution >= 0.6 is 35.6 Å². The first-order valence-corrected chi connectivity index (χ1v) is 15.1. The summed E-state index contributed by atoms with van der Waals surface area (Å²) in [5.74, 6) is -0.455. The number of nitrogens with one attached hydrogen (secondary N) is 2. The molecular weight excluding hydrogens is 659 g/mol. The number of fused-ring (bicyclic) bond motifs is 1. The SMILES string of the molecule is Cc1ccc2cccc(OCc3c(Cl)ccc(N(C)C(=O)CNC(=O)C=Cc4ccc(NC(=O)c5ccccc5)cc4)c3Cl)c2n1.Cl. The average Bonchev–Trinajstić information content (AvgIpc) is 3.07. The van der Waals surface area contributed by atoms with Crippen LogP contribution in [0, 0.1) is 6.92 Å². The second-order valence-corrected chi connectivity index (χ2v) is 11.2. The summed E-state index contributed by atoms with van der Waals surface area (Å²) in [6.45, 7) is 1.72. The normalized spacial score (nSPS) is 10.7. The molecule has 5 aromatic rings. The molecule has 1 aromatic heterocycles. The quantitative estimate of drug-likeness (QED) is 0.145. The van der Waals surface area contributed by atoms with Crippen molar-refractivity contribution in [1.29, 1.82) is 0 Å². The number of anilines is 2. The van der Waals surface area contributed by atoms with Crippen molar-refractivity contribution in [2.45, 2.75) is 13.5 Å². The third-order valence-corrected chi connectivity index (χ3v) is 7.92. The summed E-state index contributed by atoms with van der Waals surface area (Å²) in [4.78, 5) is 43.7. The highest BCUT2D eigenvalue weighted by Gasteiger charge is 2.19. The van der Waals surface area contributed by atoms with Gasteiger partial charge in [0.15, 0.2) is 0 Å². The number of aryl methyl sites for hydroxylation is 1. The molecule has 0 bridgehead atoms. The van der Waals surface area contributed by atoms with Crippen molar-refractivity contribution in [3.05, 3.63) is 136 Å². The van der Waals surface area contributed by atoms with Crippen LogP contribution in [0.2, 0.25) is 10.0 Å². The molecule has 0 aliphatic heterocycles. The van der Waals surface area contributed by atoms with E-state index in [-0.39, 0.29) is 42.4 Å². The van der Waals surface area contributed by atoms with Crippen molar-refractivity contribution < 1.29 is 19.1 Å². The Hall–Kier alpha value is -4.89. The standard InChI is InChI=1S/C36H30Cl2N4O4.ClH/c1-23-11-15-25-9-6-10-31(35(25)40-23)46-22-28-29(37)18-19-30(34(28)38)42(2)33(44)21-39-32(43)20-14-24-12-16-27(17-13-24)41-36(45)26-7-4-3-5-8-26;/h3-20H,21-22H2,1-2H3,(H,39,43)(H,41,45);1H. The predicted molar refractivity (Wildman–Crippen MR) is 191 cm³/mol. The molecule has 2 N–H and O–H groups in total. The van der Waals surface area contributed by atoms with E-state index in [4.69, 9.17) is 27.9 Å². The Morgan fingerprint density at radius 1 is 0.894 bits per heavy atom. The van der Waals surface area contributed by atoms with Crippen LogP contribution < -0.4 is 20.3 Å². The highest BCUT2D eigenvalue weighted by Crippen LogP contribution is 2.35. The van der Waals surface area contributed by atoms with E-state index in [0.717, 1.165) is 22.2 Å². The van der Waals surface area contributed by atoms with Gasteiger partial charge in [0.05, 0.1) is 17.3 Å². The molecule has 5 rings (SSSR count). The summed E-state index contributed by atoms with van der Waals surface area (Å²) in [7, 11) is 1.57. The second kappa shape index (κ2) is 16.1. The summed E-state index contributed by atoms with van der Waals surface area (Å²) >= 11 is 13.2. The molecule has 0 unspecified atom stereocenters. The summed E-state index contributed by atoms with van der Waals surface area (Å²) in [5, 5.41) is 7.03. The van der Waals surface area contributed by atoms with Gasteiger partial charge in [-0.25, -0.2) is 4.98 Å². The van der Waals surface area contributed by atoms with Gasteiger partial charge in [-0.3, -0.25) is 14.4 Å². The van der Waals surface area contributed by atoms with Gasteiger partial charge < -0.3 is 20.3 Å². The van der Waals surface area contributed by atoms with Crippen molar-refractivity contribution in [1.82, 2.24) is 10.3 Å². The number of nitrogens with zero attached hydrogens (tertiary/aromatic N) is 2. The smallest absolute Gasteiger partial charge is 0.255 e. The lowest BCUT2D eigenvalue weighted by molar-refractivity contribution is -0.122. The Labute approximate surface area is 288 Å². The molecule has 11 heteroatoms. The lowest BCUT2D eigenvalue weighted by atomic mass is 10.1. The Balaban J connectivity index is 0.00000500. The number of carbonyl (C=O) groups excluding carboxylic acids is 3. The number of para-hydroxylation sites is 1. The zero-order valence-electron chi connectivity index (χ0n) is 25.5. The van der Waals surface area contributed by atoms with Gasteiger partial charge in [-0.1, -0.05) is 71.7 Å². The Morgan fingerprint density at radius 3 is 2.38 bits per heavy atom. The Kier molecular flexibility index (Phi) is 12.0. The maximum Gasteiger partial charge on any atom is 0.255 e. The second-order valence-electron chi connectivity index (χ2n) is 10.4. The van der Waals surface area contributed by atoms with Crippen molar-refractivity contribution >= 4 is 81.7 Å². The minimum absolute atomic E-state index is 0. The van der Waals surface area contributed by atoms with E-state index in [0.29, 0.717) is 33.3 Å². The highest BCUT2D eigenvalue weighted by atomic mass is 35.5. The number of amides is 3. The van der Waals surface area contributed by atoms with Gasteiger partial charge in [0.25, 0.3) is 5.91 Å². The van der Waals surface area contributed by atoms with Crippen LogP contribution in [-0.4, -0.2) is 36.3 Å². The van der Waals surface area contributed by atoms with E-state index >= 15 is 0 Å². The Bertz CT molecular complexity index is 1930. The molecule has 0 spiro atoms. The van der Waals surface area contributed by atoms with Crippen molar-refractivity contribution in [2.75, 3.05) is 23.8 Å². The van der Waals surface area contributed by atoms with Crippen LogP contribution in [0.3, 0.4) is 0 Å². The molecule has 0 atom stereocenters. The average molecular weight is 690 g/mol. The molecule has 0 saturated carbocycles. The van der Waals surface area contributed by atoms with Crippen molar-refractivity contribution in [3.63, 3.8) is 0 Å². The zero-order chi connectivity index (χ0) is 32.6. The fourth-order valence-corrected chi connectivity index (χ4v) is 5.18. The summed E-state index contributed by atoms with van der Waals surface area (Å²) in [5.41, 5.74) is 4.46. The van der Waals surface area contributed by atoms with Gasteiger partial charge in [-0.15, -0.1) is 12.4 Å². The molecule has 0 aliphatic rings. The molecule has 8 nitrogen and oxygen atoms in total. The van der Waals surface area contributed by atoms with E-state index in [2.05, 4.69) is 15.6 Å². The van der Waals surface area contributed by atoms with Gasteiger partial charge in [0, 0.05) is 46.0 Å². The third kappa shape index (κ3) is 8.89. The van der Waals surface area contributed by atoms with E-state index in [1.165, 1.54) is 11.0 Å². The van der Waals surface area contributed by atoms with Gasteiger partial charge in [0.2, 0.25) is 11.8 Å². The van der Waals surface area contributed by atoms with E-state index in [9.17, 15) is 14.4 Å². The van der Waals surface area contributed by atoms with Crippen LogP contribution in [0.1, 0.15) is 27.2 Å². The van der Waals surface area contributed by atoms with Gasteiger partial charge in [-0.2, -0.15) is 0 Å². The number of hydrogen-bond donors (Lipinski definition) is 2. The molecular formula is C36H31Cl3N4O4. The molecule has 0 fully saturated rings. The molecule has 47 heavy (non-hydrogen) atoms. The minimum atomic E-state index is -0.446. The number of likely N-dealkylation sites (N-methyl/N-ethyl adjacent to an activating group) is 1. The van der Waals surface area contributed by atoms with Crippen molar-refractivity contribution in [2.24, 2.45) is 0 Å². The Morgan fingerprint density at radius 2 is 1.64 bits per heavy atom. The molecule has 4 aromatic carbocycles. The van der Waals surface area contributed by atoms with Crippen LogP contribution in [0.25, 0.3) is 17.0 Å². The first kappa shape index (κ1) is 35.0. The van der Waals surface area contributed by atoms with E-state index in [1.54, 1.807) is 73.8 Å². The topological polar surface area (TPSA) is 101 Å². The maximum absolute atomic E-state index is 13.0. The summed E-state index contributed by atoms with van der Waals surface area (Å²) in [6, 6.07) is 28.8. The van der Waals surface area contributed by atoms with E-state index < -0.39 is 5.91 Å². The molecule has 240 valence electrons. The lowest BCUT2D eigenvalue weighted by Gasteiger charge is -2.21. The fraction of sp³-hybridized carbons (Fsp3) is 0.111. The number of carbonyl (C=O) groups is 3. The largest absolute Gasteiger partial charge is 0.487 e. The first-order valence-electron chi connectivity index (χ1n) is 14.3. The predicted octanol–water partition coefficient (Wildman–Crippen LogP) is 7.90. The molecule has 0 aliphatic carbocycles. The van der Waals surface area contributed by atoms with Crippen molar-refractivity contribution in [3.8, 4) is 5.75 Å². The molecule has 0 saturated heterocycles. The zero-order valence-corrected chi connectivity index (χ0v) is 27.8. The molecule has 0 radical (unpaired) electrons. The maximum atomic E-state index is 13.0. The molecule has 3 amide bonds. The summed E-state index contributed by atoms with van der Waals surface area (Å²) < 4.78 is 6.08. The van der Waals surface area contributed by atoms with Crippen LogP contribution in [0.4, 0.5) is 11.4 Å². The van der Waals surface area contributed by atoms with Crippen LogP contribution in [0.15, 0.2) is 103 Å². The summed E-state index contributed by atoms with van der Waals surface area (Å²) in [6.07, 6.45) is 2.95. The van der Waals surface area contributed by atoms with Gasteiger partial charge >= 0.3 is 0 Å². The number of benzene rings is 4. The number of halogens is 3. The fourth-order valence-electron chi connectivity index (χ4n) is 4.58. The number of ether oxygens (including phenoxy) is 1. The number of pyridine rings is 1. The van der Waals surface area contributed by atoms with Gasteiger partial charge in [-0.05, 0) is 67.1 Å². The first-order chi connectivity index (χ1) is 22.2. The highest BCUT2D eigenvalue weighted by molar-refractivity contribution is 6.38. The van der Waals surface area contributed by atoms with Gasteiger partial charge in [0.1, 0.15) is 17.9 Å². The monoisotopic (exact) mass is 688 g/mol. The number of aromatic nitrogens is 1. The van der Waals surface area contributed by atoms with E-state index in [1.807, 2.05) is 43.3 Å². The lowest BCUT2D eigenvalue weighted by Crippen LogP contribution is -2.37. The third-order valence-electron chi connectivity index (χ3n) is 7.14.